The van der Waals surface area contributed by atoms with Crippen molar-refractivity contribution < 1.29 is 23.8 Å². The summed E-state index contributed by atoms with van der Waals surface area (Å²) in [6.07, 6.45) is 0. The van der Waals surface area contributed by atoms with E-state index in [1.54, 1.807) is 12.1 Å². The van der Waals surface area contributed by atoms with Crippen molar-refractivity contribution in [3.05, 3.63) is 52.3 Å². The molecule has 2 N–H and O–H groups in total. The van der Waals surface area contributed by atoms with Crippen molar-refractivity contribution in [3.8, 4) is 11.5 Å². The first-order valence-corrected chi connectivity index (χ1v) is 8.07. The van der Waals surface area contributed by atoms with Crippen LogP contribution in [0.4, 0.5) is 10.1 Å². The largest absolute Gasteiger partial charge is 0.490 e. The molecule has 128 valence electrons. The molecule has 24 heavy (non-hydrogen) atoms. The van der Waals surface area contributed by atoms with Crippen LogP contribution in [0.2, 0.25) is 0 Å². The van der Waals surface area contributed by atoms with Crippen LogP contribution in [-0.2, 0) is 11.4 Å². The summed E-state index contributed by atoms with van der Waals surface area (Å²) in [5.41, 5.74) is 1.14. The molecule has 2 rings (SSSR count). The maximum absolute atomic E-state index is 12.8. The molecule has 0 radical (unpaired) electrons. The Morgan fingerprint density at radius 2 is 1.96 bits per heavy atom. The fourth-order valence-corrected chi connectivity index (χ4v) is 2.59. The second kappa shape index (κ2) is 8.65. The second-order valence-electron chi connectivity index (χ2n) is 4.84. The zero-order valence-corrected chi connectivity index (χ0v) is 14.6. The fraction of sp³-hybridized carbons (Fsp3) is 0.235. The number of anilines is 1. The van der Waals surface area contributed by atoms with E-state index in [4.69, 9.17) is 9.47 Å². The Hall–Kier alpha value is -2.12. The van der Waals surface area contributed by atoms with E-state index in [0.717, 1.165) is 0 Å². The molecule has 0 saturated carbocycles. The molecule has 0 aliphatic rings. The third-order valence-corrected chi connectivity index (χ3v) is 3.62. The summed E-state index contributed by atoms with van der Waals surface area (Å²) < 4.78 is 24.4. The van der Waals surface area contributed by atoms with Crippen LogP contribution >= 0.6 is 15.9 Å². The van der Waals surface area contributed by atoms with Crippen LogP contribution in [0.3, 0.4) is 0 Å². The number of aliphatic hydroxyl groups is 1. The van der Waals surface area contributed by atoms with E-state index in [9.17, 15) is 14.3 Å². The molecule has 0 bridgehead atoms. The lowest BCUT2D eigenvalue weighted by molar-refractivity contribution is -0.118. The van der Waals surface area contributed by atoms with E-state index in [-0.39, 0.29) is 24.9 Å². The zero-order valence-electron chi connectivity index (χ0n) is 13.0. The SMILES string of the molecule is CCOc1cc(CO)cc(Br)c1OCC(=O)Nc1ccc(F)cc1. The van der Waals surface area contributed by atoms with Crippen molar-refractivity contribution in [2.45, 2.75) is 13.5 Å². The molecule has 0 heterocycles. The number of benzene rings is 2. The minimum absolute atomic E-state index is 0.135. The third-order valence-electron chi connectivity index (χ3n) is 3.03. The summed E-state index contributed by atoms with van der Waals surface area (Å²) in [6, 6.07) is 8.79. The number of halogens is 2. The molecular weight excluding hydrogens is 381 g/mol. The van der Waals surface area contributed by atoms with Gasteiger partial charge in [-0.25, -0.2) is 4.39 Å². The number of carbonyl (C=O) groups excluding carboxylic acids is 1. The normalized spacial score (nSPS) is 10.3. The molecule has 0 aromatic heterocycles. The lowest BCUT2D eigenvalue weighted by Gasteiger charge is -2.15. The predicted molar refractivity (Wildman–Crippen MR) is 91.8 cm³/mol. The van der Waals surface area contributed by atoms with Gasteiger partial charge in [0.1, 0.15) is 5.82 Å². The highest BCUT2D eigenvalue weighted by Crippen LogP contribution is 2.37. The minimum Gasteiger partial charge on any atom is -0.490 e. The van der Waals surface area contributed by atoms with Crippen LogP contribution in [0.25, 0.3) is 0 Å². The summed E-state index contributed by atoms with van der Waals surface area (Å²) in [5, 5.41) is 11.8. The van der Waals surface area contributed by atoms with Crippen LogP contribution in [0.1, 0.15) is 12.5 Å². The van der Waals surface area contributed by atoms with Crippen LogP contribution in [-0.4, -0.2) is 24.2 Å². The van der Waals surface area contributed by atoms with E-state index >= 15 is 0 Å². The Balaban J connectivity index is 2.04. The average molecular weight is 398 g/mol. The molecule has 5 nitrogen and oxygen atoms in total. The van der Waals surface area contributed by atoms with Crippen LogP contribution in [0.15, 0.2) is 40.9 Å². The summed E-state index contributed by atoms with van der Waals surface area (Å²) in [4.78, 5) is 11.9. The standard InChI is InChI=1S/C17H17BrFNO4/c1-2-23-15-8-11(9-21)7-14(18)17(15)24-10-16(22)20-13-5-3-12(19)4-6-13/h3-8,21H,2,9-10H2,1H3,(H,20,22). The van der Waals surface area contributed by atoms with Crippen molar-refractivity contribution in [1.29, 1.82) is 0 Å². The summed E-state index contributed by atoms with van der Waals surface area (Å²) in [5.74, 6) is 0.0505. The molecular formula is C17H17BrFNO4. The molecule has 0 spiro atoms. The van der Waals surface area contributed by atoms with Gasteiger partial charge in [-0.2, -0.15) is 0 Å². The summed E-state index contributed by atoms with van der Waals surface area (Å²) in [6.45, 7) is 1.86. The molecule has 2 aromatic carbocycles. The summed E-state index contributed by atoms with van der Waals surface area (Å²) in [7, 11) is 0. The number of aliphatic hydroxyl groups excluding tert-OH is 1. The number of ether oxygens (including phenoxy) is 2. The van der Waals surface area contributed by atoms with Crippen molar-refractivity contribution in [2.24, 2.45) is 0 Å². The lowest BCUT2D eigenvalue weighted by atomic mass is 10.2. The van der Waals surface area contributed by atoms with Gasteiger partial charge in [0.15, 0.2) is 18.1 Å². The van der Waals surface area contributed by atoms with Gasteiger partial charge in [0.25, 0.3) is 5.91 Å². The van der Waals surface area contributed by atoms with Gasteiger partial charge in [0.2, 0.25) is 0 Å². The number of rotatable bonds is 7. The fourth-order valence-electron chi connectivity index (χ4n) is 1.98. The molecule has 7 heteroatoms. The van der Waals surface area contributed by atoms with E-state index < -0.39 is 0 Å². The van der Waals surface area contributed by atoms with Crippen LogP contribution in [0, 0.1) is 5.82 Å². The van der Waals surface area contributed by atoms with Crippen molar-refractivity contribution >= 4 is 27.5 Å². The molecule has 0 aliphatic carbocycles. The quantitative estimate of drug-likeness (QED) is 0.750. The maximum Gasteiger partial charge on any atom is 0.262 e. The van der Waals surface area contributed by atoms with E-state index in [1.165, 1.54) is 24.3 Å². The molecule has 1 amide bonds. The molecule has 0 atom stereocenters. The molecule has 2 aromatic rings. The van der Waals surface area contributed by atoms with Gasteiger partial charge in [-0.05, 0) is 64.8 Å². The Bertz CT molecular complexity index is 706. The molecule has 0 aliphatic heterocycles. The monoisotopic (exact) mass is 397 g/mol. The predicted octanol–water partition coefficient (Wildman–Crippen LogP) is 3.50. The van der Waals surface area contributed by atoms with Crippen LogP contribution in [0.5, 0.6) is 11.5 Å². The van der Waals surface area contributed by atoms with E-state index in [1.807, 2.05) is 6.92 Å². The van der Waals surface area contributed by atoms with Crippen LogP contribution < -0.4 is 14.8 Å². The van der Waals surface area contributed by atoms with Gasteiger partial charge in [0, 0.05) is 5.69 Å². The van der Waals surface area contributed by atoms with E-state index in [0.29, 0.717) is 33.8 Å². The number of hydrogen-bond acceptors (Lipinski definition) is 4. The number of nitrogens with one attached hydrogen (secondary N) is 1. The van der Waals surface area contributed by atoms with Crippen molar-refractivity contribution in [3.63, 3.8) is 0 Å². The first kappa shape index (κ1) is 18.2. The van der Waals surface area contributed by atoms with Gasteiger partial charge in [-0.15, -0.1) is 0 Å². The molecule has 0 fully saturated rings. The highest BCUT2D eigenvalue weighted by Gasteiger charge is 2.14. The third kappa shape index (κ3) is 4.94. The van der Waals surface area contributed by atoms with Gasteiger partial charge < -0.3 is 19.9 Å². The van der Waals surface area contributed by atoms with Gasteiger partial charge >= 0.3 is 0 Å². The first-order valence-electron chi connectivity index (χ1n) is 7.27. The number of carbonyl (C=O) groups is 1. The topological polar surface area (TPSA) is 67.8 Å². The Morgan fingerprint density at radius 3 is 2.58 bits per heavy atom. The zero-order chi connectivity index (χ0) is 17.5. The Labute approximate surface area is 147 Å². The highest BCUT2D eigenvalue weighted by atomic mass is 79.9. The maximum atomic E-state index is 12.8. The van der Waals surface area contributed by atoms with Crippen molar-refractivity contribution in [1.82, 2.24) is 0 Å². The lowest BCUT2D eigenvalue weighted by Crippen LogP contribution is -2.20. The van der Waals surface area contributed by atoms with Gasteiger partial charge in [-0.1, -0.05) is 0 Å². The second-order valence-corrected chi connectivity index (χ2v) is 5.69. The average Bonchev–Trinajstić information content (AvgIpc) is 2.56. The van der Waals surface area contributed by atoms with Gasteiger partial charge in [-0.3, -0.25) is 4.79 Å². The van der Waals surface area contributed by atoms with Crippen molar-refractivity contribution in [2.75, 3.05) is 18.5 Å². The molecule has 0 unspecified atom stereocenters. The highest BCUT2D eigenvalue weighted by molar-refractivity contribution is 9.10. The Kier molecular flexibility index (Phi) is 6.57. The smallest absolute Gasteiger partial charge is 0.262 e. The first-order chi connectivity index (χ1) is 11.5. The van der Waals surface area contributed by atoms with E-state index in [2.05, 4.69) is 21.2 Å². The minimum atomic E-state index is -0.387. The number of amides is 1. The Morgan fingerprint density at radius 1 is 1.25 bits per heavy atom. The summed E-state index contributed by atoms with van der Waals surface area (Å²) >= 11 is 3.34. The van der Waals surface area contributed by atoms with Gasteiger partial charge in [0.05, 0.1) is 17.7 Å². The molecule has 0 saturated heterocycles. The number of hydrogen-bond donors (Lipinski definition) is 2.